The van der Waals surface area contributed by atoms with Crippen LogP contribution in [0.5, 0.6) is 0 Å². The normalized spacial score (nSPS) is 22.8. The van der Waals surface area contributed by atoms with Gasteiger partial charge < -0.3 is 15.5 Å². The van der Waals surface area contributed by atoms with Gasteiger partial charge >= 0.3 is 0 Å². The molecule has 1 amide bonds. The quantitative estimate of drug-likeness (QED) is 0.594. The maximum atomic E-state index is 14.0. The minimum absolute atomic E-state index is 0.0959. The third-order valence-corrected chi connectivity index (χ3v) is 6.55. The summed E-state index contributed by atoms with van der Waals surface area (Å²) in [4.78, 5) is 27.2. The van der Waals surface area contributed by atoms with Gasteiger partial charge in [0.2, 0.25) is 5.95 Å². The molecule has 0 spiro atoms. The van der Waals surface area contributed by atoms with Gasteiger partial charge in [-0.15, -0.1) is 10.2 Å². The molecule has 0 radical (unpaired) electrons. The monoisotopic (exact) mass is 446 g/mol. The lowest BCUT2D eigenvalue weighted by Crippen LogP contribution is -2.24. The molecule has 1 aliphatic heterocycles. The molecule has 0 bridgehead atoms. The molecule has 0 aromatic carbocycles. The van der Waals surface area contributed by atoms with Crippen LogP contribution in [0.2, 0.25) is 0 Å². The fourth-order valence-electron chi connectivity index (χ4n) is 4.52. The van der Waals surface area contributed by atoms with Crippen molar-refractivity contribution in [1.82, 2.24) is 25.1 Å². The fraction of sp³-hybridized carbons (Fsp3) is 0.391. The van der Waals surface area contributed by atoms with Crippen molar-refractivity contribution in [3.63, 3.8) is 0 Å². The number of hydrogen-bond acceptors (Lipinski definition) is 8. The van der Waals surface area contributed by atoms with Gasteiger partial charge in [-0.2, -0.15) is 0 Å². The van der Waals surface area contributed by atoms with Crippen molar-refractivity contribution >= 4 is 23.4 Å². The molecule has 4 heterocycles. The van der Waals surface area contributed by atoms with Gasteiger partial charge in [0.25, 0.3) is 5.91 Å². The van der Waals surface area contributed by atoms with E-state index < -0.39 is 5.67 Å². The number of fused-ring (bicyclic) bond motifs is 1. The van der Waals surface area contributed by atoms with Crippen LogP contribution in [0.3, 0.4) is 0 Å². The lowest BCUT2D eigenvalue weighted by molar-refractivity contribution is 0.0992. The van der Waals surface area contributed by atoms with E-state index in [1.54, 1.807) is 17.3 Å². The molecule has 2 saturated carbocycles. The summed E-state index contributed by atoms with van der Waals surface area (Å²) < 4.78 is 14.0. The van der Waals surface area contributed by atoms with E-state index in [9.17, 15) is 9.18 Å². The van der Waals surface area contributed by atoms with Gasteiger partial charge in [0.15, 0.2) is 5.67 Å². The molecule has 2 N–H and O–H groups in total. The number of nitrogens with one attached hydrogen (secondary N) is 2. The second kappa shape index (κ2) is 7.72. The first-order valence-corrected chi connectivity index (χ1v) is 11.2. The molecular formula is C23H23FN8O. The summed E-state index contributed by atoms with van der Waals surface area (Å²) in [5, 5.41) is 14.8. The Balaban J connectivity index is 1.04. The van der Waals surface area contributed by atoms with Crippen molar-refractivity contribution < 1.29 is 9.18 Å². The van der Waals surface area contributed by atoms with Crippen LogP contribution in [0.15, 0.2) is 42.9 Å². The third-order valence-electron chi connectivity index (χ3n) is 6.55. The van der Waals surface area contributed by atoms with Crippen molar-refractivity contribution in [1.29, 1.82) is 0 Å². The molecule has 9 nitrogen and oxygen atoms in total. The SMILES string of the molecule is O=C1c2ncccc2CN1c1ccc(N[C@H]2CC[C@H](Nc3ncc(C4(F)CC4)nn3)C2)nc1. The van der Waals surface area contributed by atoms with E-state index in [-0.39, 0.29) is 18.0 Å². The zero-order chi connectivity index (χ0) is 22.4. The van der Waals surface area contributed by atoms with E-state index in [1.165, 1.54) is 6.20 Å². The van der Waals surface area contributed by atoms with Crippen LogP contribution in [-0.4, -0.2) is 43.1 Å². The first-order chi connectivity index (χ1) is 16.1. The Morgan fingerprint density at radius 1 is 1.00 bits per heavy atom. The Morgan fingerprint density at radius 3 is 2.55 bits per heavy atom. The molecule has 33 heavy (non-hydrogen) atoms. The molecule has 2 fully saturated rings. The average Bonchev–Trinajstić information content (AvgIpc) is 3.29. The van der Waals surface area contributed by atoms with Crippen LogP contribution in [0, 0.1) is 0 Å². The van der Waals surface area contributed by atoms with Crippen LogP contribution in [-0.2, 0) is 12.2 Å². The highest BCUT2D eigenvalue weighted by atomic mass is 19.1. The van der Waals surface area contributed by atoms with Gasteiger partial charge in [0.1, 0.15) is 17.2 Å². The molecule has 3 aliphatic rings. The smallest absolute Gasteiger partial charge is 0.277 e. The number of carbonyl (C=O) groups is 1. The lowest BCUT2D eigenvalue weighted by Gasteiger charge is -2.17. The lowest BCUT2D eigenvalue weighted by atomic mass is 10.2. The van der Waals surface area contributed by atoms with Crippen LogP contribution >= 0.6 is 0 Å². The van der Waals surface area contributed by atoms with Gasteiger partial charge in [0.05, 0.1) is 24.6 Å². The molecule has 3 aromatic rings. The van der Waals surface area contributed by atoms with Gasteiger partial charge in [-0.3, -0.25) is 9.78 Å². The summed E-state index contributed by atoms with van der Waals surface area (Å²) in [6.07, 6.45) is 8.66. The van der Waals surface area contributed by atoms with Crippen LogP contribution in [0.25, 0.3) is 0 Å². The van der Waals surface area contributed by atoms with Crippen molar-refractivity contribution in [3.8, 4) is 0 Å². The van der Waals surface area contributed by atoms with E-state index >= 15 is 0 Å². The number of amides is 1. The van der Waals surface area contributed by atoms with Gasteiger partial charge in [0, 0.05) is 23.8 Å². The molecular weight excluding hydrogens is 423 g/mol. The van der Waals surface area contributed by atoms with E-state index in [0.717, 1.165) is 36.3 Å². The summed E-state index contributed by atoms with van der Waals surface area (Å²) in [6.45, 7) is 0.511. The van der Waals surface area contributed by atoms with Gasteiger partial charge in [-0.05, 0) is 50.3 Å². The summed E-state index contributed by atoms with van der Waals surface area (Å²) in [7, 11) is 0. The predicted octanol–water partition coefficient (Wildman–Crippen LogP) is 3.23. The second-order valence-corrected chi connectivity index (χ2v) is 8.93. The minimum atomic E-state index is -1.31. The summed E-state index contributed by atoms with van der Waals surface area (Å²) in [6, 6.07) is 8.04. The molecule has 3 aromatic heterocycles. The summed E-state index contributed by atoms with van der Waals surface area (Å²) in [5.74, 6) is 1.11. The first kappa shape index (κ1) is 20.0. The third kappa shape index (κ3) is 3.85. The minimum Gasteiger partial charge on any atom is -0.367 e. The highest BCUT2D eigenvalue weighted by Crippen LogP contribution is 2.48. The predicted molar refractivity (Wildman–Crippen MR) is 120 cm³/mol. The first-order valence-electron chi connectivity index (χ1n) is 11.2. The topological polar surface area (TPSA) is 109 Å². The second-order valence-electron chi connectivity index (χ2n) is 8.93. The number of halogens is 1. The van der Waals surface area contributed by atoms with Crippen molar-refractivity contribution in [3.05, 3.63) is 59.8 Å². The number of pyridine rings is 2. The Labute approximate surface area is 189 Å². The largest absolute Gasteiger partial charge is 0.367 e. The van der Waals surface area contributed by atoms with Crippen molar-refractivity contribution in [2.75, 3.05) is 15.5 Å². The van der Waals surface area contributed by atoms with Gasteiger partial charge in [-0.1, -0.05) is 6.07 Å². The number of alkyl halides is 1. The van der Waals surface area contributed by atoms with E-state index in [1.807, 2.05) is 24.3 Å². The molecule has 0 saturated heterocycles. The number of hydrogen-bond donors (Lipinski definition) is 2. The molecule has 2 aliphatic carbocycles. The molecule has 168 valence electrons. The summed E-state index contributed by atoms with van der Waals surface area (Å²) in [5.41, 5.74) is 1.20. The Morgan fingerprint density at radius 2 is 1.85 bits per heavy atom. The van der Waals surface area contributed by atoms with E-state index in [0.29, 0.717) is 36.7 Å². The number of anilines is 3. The molecule has 6 rings (SSSR count). The molecule has 2 atom stereocenters. The standard InChI is InChI=1S/C23H23FN8O/c24-23(7-8-23)18-12-27-22(31-30-18)29-16-4-3-15(10-16)28-19-6-5-17(11-26-19)32-13-14-2-1-9-25-20(14)21(32)33/h1-2,5-6,9,11-12,15-16H,3-4,7-8,10,13H2,(H,26,28)(H,27,29,31)/t15-,16-/m0/s1. The fourth-order valence-corrected chi connectivity index (χ4v) is 4.52. The van der Waals surface area contributed by atoms with Crippen molar-refractivity contribution in [2.24, 2.45) is 0 Å². The Bertz CT molecular complexity index is 1180. The van der Waals surface area contributed by atoms with E-state index in [2.05, 4.69) is 35.8 Å². The van der Waals surface area contributed by atoms with Crippen LogP contribution in [0.1, 0.15) is 53.8 Å². The zero-order valence-corrected chi connectivity index (χ0v) is 17.9. The van der Waals surface area contributed by atoms with Gasteiger partial charge in [-0.25, -0.2) is 14.4 Å². The number of nitrogens with zero attached hydrogens (tertiary/aromatic N) is 6. The Hall–Kier alpha value is -3.69. The van der Waals surface area contributed by atoms with Crippen LogP contribution in [0.4, 0.5) is 21.8 Å². The summed E-state index contributed by atoms with van der Waals surface area (Å²) >= 11 is 0. The number of carbonyl (C=O) groups excluding carboxylic acids is 1. The number of rotatable bonds is 6. The zero-order valence-electron chi connectivity index (χ0n) is 17.9. The maximum Gasteiger partial charge on any atom is 0.277 e. The van der Waals surface area contributed by atoms with Crippen LogP contribution < -0.4 is 15.5 Å². The highest BCUT2D eigenvalue weighted by Gasteiger charge is 2.47. The van der Waals surface area contributed by atoms with Crippen molar-refractivity contribution in [2.45, 2.75) is 56.4 Å². The Kier molecular flexibility index (Phi) is 4.67. The highest BCUT2D eigenvalue weighted by molar-refractivity contribution is 6.08. The molecule has 0 unspecified atom stereocenters. The maximum absolute atomic E-state index is 14.0. The molecule has 10 heteroatoms. The average molecular weight is 446 g/mol. The number of aromatic nitrogens is 5. The van der Waals surface area contributed by atoms with E-state index in [4.69, 9.17) is 0 Å².